The van der Waals surface area contributed by atoms with E-state index in [2.05, 4.69) is 16.5 Å². The molecule has 0 radical (unpaired) electrons. The smallest absolute Gasteiger partial charge is 0.168 e. The molecule has 1 aliphatic carbocycles. The van der Waals surface area contributed by atoms with E-state index in [-0.39, 0.29) is 0 Å². The summed E-state index contributed by atoms with van der Waals surface area (Å²) in [5, 5.41) is 16.3. The number of aromatic nitrogens is 2. The van der Waals surface area contributed by atoms with Crippen LogP contribution in [0.25, 0.3) is 0 Å². The number of nitrogens with zero attached hydrogens (tertiary/aromatic N) is 3. The van der Waals surface area contributed by atoms with E-state index in [4.69, 9.17) is 11.0 Å². The Morgan fingerprint density at radius 1 is 1.44 bits per heavy atom. The zero-order valence-electron chi connectivity index (χ0n) is 9.53. The third-order valence-corrected chi connectivity index (χ3v) is 3.22. The van der Waals surface area contributed by atoms with Gasteiger partial charge in [0.15, 0.2) is 5.82 Å². The van der Waals surface area contributed by atoms with Crippen LogP contribution in [-0.4, -0.2) is 16.8 Å². The van der Waals surface area contributed by atoms with Crippen LogP contribution in [0, 0.1) is 11.3 Å². The fraction of sp³-hybridized carbons (Fsp3) is 0.636. The van der Waals surface area contributed by atoms with Gasteiger partial charge in [-0.3, -0.25) is 0 Å². The summed E-state index contributed by atoms with van der Waals surface area (Å²) in [6.45, 7) is 0. The van der Waals surface area contributed by atoms with Crippen molar-refractivity contribution in [2.45, 2.75) is 38.1 Å². The average molecular weight is 219 g/mol. The Bertz CT molecular complexity index is 409. The molecule has 5 nitrogen and oxygen atoms in total. The minimum atomic E-state index is 0.364. The van der Waals surface area contributed by atoms with Crippen molar-refractivity contribution in [1.29, 1.82) is 5.26 Å². The lowest BCUT2D eigenvalue weighted by atomic mass is 9.96. The number of nitriles is 1. The molecule has 1 heterocycles. The van der Waals surface area contributed by atoms with Crippen LogP contribution in [0.5, 0.6) is 0 Å². The number of hydrogen-bond donors (Lipinski definition) is 2. The summed E-state index contributed by atoms with van der Waals surface area (Å²) >= 11 is 0. The summed E-state index contributed by atoms with van der Waals surface area (Å²) in [6.07, 6.45) is 5.96. The Labute approximate surface area is 95.2 Å². The maximum atomic E-state index is 9.02. The van der Waals surface area contributed by atoms with Gasteiger partial charge in [0.05, 0.1) is 6.04 Å². The Morgan fingerprint density at radius 3 is 2.62 bits per heavy atom. The molecule has 1 aromatic heterocycles. The molecule has 5 heteroatoms. The Hall–Kier alpha value is -1.70. The minimum Gasteiger partial charge on any atom is -0.383 e. The molecule has 3 N–H and O–H groups in total. The highest BCUT2D eigenvalue weighted by Crippen LogP contribution is 2.32. The highest BCUT2D eigenvalue weighted by atomic mass is 15.4. The van der Waals surface area contributed by atoms with Gasteiger partial charge in [-0.15, -0.1) is 0 Å². The number of nitrogens with one attached hydrogen (secondary N) is 1. The van der Waals surface area contributed by atoms with E-state index < -0.39 is 0 Å². The van der Waals surface area contributed by atoms with Crippen LogP contribution in [0.1, 0.15) is 43.7 Å². The molecule has 1 saturated carbocycles. The molecule has 1 aliphatic rings. The van der Waals surface area contributed by atoms with E-state index in [1.54, 1.807) is 7.05 Å². The Morgan fingerprint density at radius 2 is 2.12 bits per heavy atom. The summed E-state index contributed by atoms with van der Waals surface area (Å²) in [5.74, 6) is 1.09. The van der Waals surface area contributed by atoms with Crippen molar-refractivity contribution in [1.82, 2.24) is 9.78 Å². The van der Waals surface area contributed by atoms with Crippen molar-refractivity contribution in [3.8, 4) is 6.07 Å². The van der Waals surface area contributed by atoms with E-state index in [0.717, 1.165) is 12.8 Å². The summed E-state index contributed by atoms with van der Waals surface area (Å²) in [7, 11) is 1.76. The summed E-state index contributed by atoms with van der Waals surface area (Å²) < 4.78 is 1.82. The van der Waals surface area contributed by atoms with E-state index in [1.165, 1.54) is 19.3 Å². The van der Waals surface area contributed by atoms with Crippen LogP contribution in [0.3, 0.4) is 0 Å². The predicted octanol–water partition coefficient (Wildman–Crippen LogP) is 1.88. The van der Waals surface area contributed by atoms with Gasteiger partial charge in [-0.05, 0) is 12.8 Å². The van der Waals surface area contributed by atoms with Crippen LogP contribution >= 0.6 is 0 Å². The fourth-order valence-corrected chi connectivity index (χ4v) is 2.34. The Balaban J connectivity index is 2.34. The zero-order chi connectivity index (χ0) is 11.5. The largest absolute Gasteiger partial charge is 0.383 e. The highest BCUT2D eigenvalue weighted by molar-refractivity contribution is 5.63. The van der Waals surface area contributed by atoms with Gasteiger partial charge in [-0.2, -0.15) is 10.4 Å². The molecule has 0 atom stereocenters. The molecule has 0 spiro atoms. The lowest BCUT2D eigenvalue weighted by molar-refractivity contribution is 0.334. The van der Waals surface area contributed by atoms with Crippen LogP contribution in [0.2, 0.25) is 0 Å². The highest BCUT2D eigenvalue weighted by Gasteiger charge is 2.22. The minimum absolute atomic E-state index is 0.364. The second-order valence-electron chi connectivity index (χ2n) is 4.21. The molecule has 1 aromatic rings. The van der Waals surface area contributed by atoms with E-state index in [9.17, 15) is 0 Å². The quantitative estimate of drug-likeness (QED) is 0.796. The lowest BCUT2D eigenvalue weighted by Gasteiger charge is -2.22. The fourth-order valence-electron chi connectivity index (χ4n) is 2.34. The van der Waals surface area contributed by atoms with Crippen LogP contribution in [-0.2, 0) is 0 Å². The number of anilines is 2. The van der Waals surface area contributed by atoms with Gasteiger partial charge >= 0.3 is 0 Å². The van der Waals surface area contributed by atoms with Crippen molar-refractivity contribution in [2.24, 2.45) is 0 Å². The number of rotatable bonds is 2. The van der Waals surface area contributed by atoms with Crippen molar-refractivity contribution in [3.63, 3.8) is 0 Å². The maximum Gasteiger partial charge on any atom is 0.168 e. The van der Waals surface area contributed by atoms with Gasteiger partial charge in [-0.25, -0.2) is 4.68 Å². The molecule has 16 heavy (non-hydrogen) atoms. The van der Waals surface area contributed by atoms with Crippen molar-refractivity contribution in [2.75, 3.05) is 18.1 Å². The first-order valence-electron chi connectivity index (χ1n) is 5.73. The van der Waals surface area contributed by atoms with Gasteiger partial charge in [0.1, 0.15) is 17.5 Å². The van der Waals surface area contributed by atoms with Gasteiger partial charge in [0.2, 0.25) is 0 Å². The third-order valence-electron chi connectivity index (χ3n) is 3.22. The van der Waals surface area contributed by atoms with Crippen molar-refractivity contribution < 1.29 is 0 Å². The van der Waals surface area contributed by atoms with E-state index in [0.29, 0.717) is 23.2 Å². The molecular weight excluding hydrogens is 202 g/mol. The summed E-state index contributed by atoms with van der Waals surface area (Å²) in [6, 6.07) is 2.47. The molecule has 0 bridgehead atoms. The summed E-state index contributed by atoms with van der Waals surface area (Å²) in [4.78, 5) is 0. The molecule has 0 amide bonds. The Kier molecular flexibility index (Phi) is 3.00. The summed E-state index contributed by atoms with van der Waals surface area (Å²) in [5.41, 5.74) is 6.42. The van der Waals surface area contributed by atoms with Gasteiger partial charge in [-0.1, -0.05) is 19.3 Å². The zero-order valence-corrected chi connectivity index (χ0v) is 9.53. The van der Waals surface area contributed by atoms with Gasteiger partial charge < -0.3 is 11.1 Å². The first-order valence-corrected chi connectivity index (χ1v) is 5.73. The van der Waals surface area contributed by atoms with Crippen molar-refractivity contribution in [3.05, 3.63) is 5.56 Å². The van der Waals surface area contributed by atoms with E-state index >= 15 is 0 Å². The van der Waals surface area contributed by atoms with E-state index in [1.807, 2.05) is 4.68 Å². The topological polar surface area (TPSA) is 79.7 Å². The molecule has 0 aliphatic heterocycles. The standard InChI is InChI=1S/C11H17N5/c1-14-11-9(7-12)10(13)16(15-11)8-5-3-2-4-6-8/h8H,2-6,13H2,1H3,(H,14,15). The first-order chi connectivity index (χ1) is 7.77. The van der Waals surface area contributed by atoms with Crippen LogP contribution in [0.4, 0.5) is 11.6 Å². The number of hydrogen-bond acceptors (Lipinski definition) is 4. The second-order valence-corrected chi connectivity index (χ2v) is 4.21. The average Bonchev–Trinajstić information content (AvgIpc) is 2.66. The molecule has 1 fully saturated rings. The second kappa shape index (κ2) is 4.44. The van der Waals surface area contributed by atoms with Gasteiger partial charge in [0.25, 0.3) is 0 Å². The normalized spacial score (nSPS) is 17.0. The SMILES string of the molecule is CNc1nn(C2CCCCC2)c(N)c1C#N. The van der Waals surface area contributed by atoms with Gasteiger partial charge in [0, 0.05) is 7.05 Å². The molecule has 0 aromatic carbocycles. The molecule has 0 unspecified atom stereocenters. The number of nitrogen functional groups attached to an aromatic ring is 1. The molecule has 2 rings (SSSR count). The van der Waals surface area contributed by atoms with Crippen LogP contribution < -0.4 is 11.1 Å². The van der Waals surface area contributed by atoms with Crippen molar-refractivity contribution >= 4 is 11.6 Å². The first kappa shape index (κ1) is 10.8. The molecule has 0 saturated heterocycles. The predicted molar refractivity (Wildman–Crippen MR) is 63.0 cm³/mol. The third kappa shape index (κ3) is 1.71. The molecule has 86 valence electrons. The molecular formula is C11H17N5. The maximum absolute atomic E-state index is 9.02. The number of nitrogens with two attached hydrogens (primary N) is 1. The monoisotopic (exact) mass is 219 g/mol. The van der Waals surface area contributed by atoms with Crippen LogP contribution in [0.15, 0.2) is 0 Å². The lowest BCUT2D eigenvalue weighted by Crippen LogP contribution is -2.16.